The highest BCUT2D eigenvalue weighted by Gasteiger charge is 2.33. The van der Waals surface area contributed by atoms with Crippen molar-refractivity contribution in [3.63, 3.8) is 0 Å². The van der Waals surface area contributed by atoms with Crippen LogP contribution in [-0.4, -0.2) is 40.0 Å². The molecule has 8 nitrogen and oxygen atoms in total. The van der Waals surface area contributed by atoms with Crippen molar-refractivity contribution < 1.29 is 26.7 Å². The van der Waals surface area contributed by atoms with Crippen LogP contribution in [-0.2, 0) is 14.8 Å². The molecule has 0 saturated carbocycles. The summed E-state index contributed by atoms with van der Waals surface area (Å²) in [5.74, 6) is -1.95. The zero-order valence-electron chi connectivity index (χ0n) is 14.4. The number of cyclic esters (lactones) is 1. The molecule has 1 aliphatic heterocycles. The number of sulfonamides is 1. The molecule has 1 amide bonds. The number of primary sulfonamides is 1. The molecule has 0 unspecified atom stereocenters. The fraction of sp³-hybridized carbons (Fsp3) is 0.176. The number of rotatable bonds is 5. The van der Waals surface area contributed by atoms with E-state index in [1.54, 1.807) is 0 Å². The van der Waals surface area contributed by atoms with Gasteiger partial charge in [-0.05, 0) is 29.8 Å². The van der Waals surface area contributed by atoms with Crippen molar-refractivity contribution >= 4 is 28.1 Å². The Morgan fingerprint density at radius 2 is 1.93 bits per heavy atom. The lowest BCUT2D eigenvalue weighted by molar-refractivity contribution is 0.145. The Morgan fingerprint density at radius 1 is 1.25 bits per heavy atom. The quantitative estimate of drug-likeness (QED) is 0.571. The molecule has 11 heteroatoms. The number of amides is 1. The van der Waals surface area contributed by atoms with Gasteiger partial charge in [-0.1, -0.05) is 12.1 Å². The van der Waals surface area contributed by atoms with Gasteiger partial charge in [-0.2, -0.15) is 0 Å². The van der Waals surface area contributed by atoms with Gasteiger partial charge in [0.15, 0.2) is 0 Å². The van der Waals surface area contributed by atoms with Crippen LogP contribution in [0.2, 0.25) is 0 Å². The maximum atomic E-state index is 14.7. The number of hydrogen-bond acceptors (Lipinski definition) is 5. The number of nitrogens with zero attached hydrogens (tertiary/aromatic N) is 2. The van der Waals surface area contributed by atoms with Crippen LogP contribution in [0.15, 0.2) is 46.3 Å². The van der Waals surface area contributed by atoms with Crippen LogP contribution in [0.3, 0.4) is 0 Å². The molecular weight excluding hydrogens is 394 g/mol. The van der Waals surface area contributed by atoms with E-state index in [4.69, 9.17) is 15.6 Å². The molecule has 0 radical (unpaired) electrons. The molecule has 0 bridgehead atoms. The van der Waals surface area contributed by atoms with Crippen LogP contribution >= 0.6 is 0 Å². The number of carbonyl (C=O) groups excluding carboxylic acids is 1. The Morgan fingerprint density at radius 3 is 2.54 bits per heavy atom. The summed E-state index contributed by atoms with van der Waals surface area (Å²) >= 11 is 0. The van der Waals surface area contributed by atoms with Crippen molar-refractivity contribution in [2.75, 3.05) is 18.0 Å². The molecule has 148 valence electrons. The van der Waals surface area contributed by atoms with Gasteiger partial charge in [0.05, 0.1) is 35.6 Å². The summed E-state index contributed by atoms with van der Waals surface area (Å²) in [6.07, 6.45) is -0.287. The number of ether oxygens (including phenoxy) is 1. The minimum absolute atomic E-state index is 0.00719. The van der Waals surface area contributed by atoms with E-state index in [9.17, 15) is 22.0 Å². The summed E-state index contributed by atoms with van der Waals surface area (Å²) in [4.78, 5) is 16.5. The monoisotopic (exact) mass is 410 g/mol. The number of anilines is 1. The van der Waals surface area contributed by atoms with Gasteiger partial charge in [0.1, 0.15) is 17.7 Å². The van der Waals surface area contributed by atoms with E-state index >= 15 is 0 Å². The van der Waals surface area contributed by atoms with Crippen molar-refractivity contribution in [3.05, 3.63) is 48.0 Å². The highest BCUT2D eigenvalue weighted by Crippen LogP contribution is 2.32. The van der Waals surface area contributed by atoms with Gasteiger partial charge in [0, 0.05) is 0 Å². The first kappa shape index (κ1) is 19.7. The lowest BCUT2D eigenvalue weighted by atomic mass is 10.0. The van der Waals surface area contributed by atoms with Gasteiger partial charge < -0.3 is 10.5 Å². The van der Waals surface area contributed by atoms with E-state index in [1.807, 2.05) is 0 Å². The molecule has 28 heavy (non-hydrogen) atoms. The minimum atomic E-state index is -4.04. The maximum absolute atomic E-state index is 14.7. The number of benzene rings is 2. The molecule has 2 aromatic rings. The summed E-state index contributed by atoms with van der Waals surface area (Å²) in [6.45, 7) is 0.178. The third kappa shape index (κ3) is 3.94. The van der Waals surface area contributed by atoms with Crippen LogP contribution in [0.25, 0.3) is 11.1 Å². The number of aliphatic imine (C=N–C) groups is 1. The topological polar surface area (TPSA) is 128 Å². The predicted octanol–water partition coefficient (Wildman–Crippen LogP) is 1.59. The molecule has 3 rings (SSSR count). The Bertz CT molecular complexity index is 1040. The zero-order valence-corrected chi connectivity index (χ0v) is 15.2. The van der Waals surface area contributed by atoms with Crippen LogP contribution in [0.5, 0.6) is 0 Å². The normalized spacial score (nSPS) is 17.3. The average molecular weight is 410 g/mol. The third-order valence-corrected chi connectivity index (χ3v) is 4.99. The van der Waals surface area contributed by atoms with Gasteiger partial charge in [-0.15, -0.1) is 0 Å². The molecule has 0 aliphatic carbocycles. The molecule has 1 atom stereocenters. The molecule has 1 fully saturated rings. The van der Waals surface area contributed by atoms with Crippen molar-refractivity contribution in [1.82, 2.24) is 0 Å². The lowest BCUT2D eigenvalue weighted by Gasteiger charge is -2.15. The van der Waals surface area contributed by atoms with Crippen molar-refractivity contribution in [2.24, 2.45) is 15.9 Å². The fourth-order valence-electron chi connectivity index (χ4n) is 2.83. The van der Waals surface area contributed by atoms with Crippen LogP contribution in [0.1, 0.15) is 0 Å². The molecule has 1 heterocycles. The average Bonchev–Trinajstić information content (AvgIpc) is 2.99. The Labute approximate surface area is 159 Å². The van der Waals surface area contributed by atoms with Gasteiger partial charge in [0.2, 0.25) is 10.0 Å². The van der Waals surface area contributed by atoms with E-state index in [2.05, 4.69) is 4.99 Å². The van der Waals surface area contributed by atoms with Crippen LogP contribution in [0.4, 0.5) is 19.3 Å². The lowest BCUT2D eigenvalue weighted by Crippen LogP contribution is -2.25. The molecule has 4 N–H and O–H groups in total. The molecule has 1 saturated heterocycles. The van der Waals surface area contributed by atoms with Gasteiger partial charge in [0.25, 0.3) is 0 Å². The fourth-order valence-corrected chi connectivity index (χ4v) is 3.39. The van der Waals surface area contributed by atoms with Crippen LogP contribution < -0.4 is 15.8 Å². The number of hydrogen-bond donors (Lipinski definition) is 2. The largest absolute Gasteiger partial charge is 0.442 e. The van der Waals surface area contributed by atoms with Crippen molar-refractivity contribution in [1.29, 1.82) is 0 Å². The van der Waals surface area contributed by atoms with Gasteiger partial charge in [-0.25, -0.2) is 27.1 Å². The predicted molar refractivity (Wildman–Crippen MR) is 98.3 cm³/mol. The second kappa shape index (κ2) is 7.52. The van der Waals surface area contributed by atoms with Crippen molar-refractivity contribution in [2.45, 2.75) is 11.0 Å². The first-order valence-corrected chi connectivity index (χ1v) is 9.56. The van der Waals surface area contributed by atoms with Gasteiger partial charge in [-0.3, -0.25) is 9.89 Å². The second-order valence-corrected chi connectivity index (χ2v) is 7.55. The third-order valence-electron chi connectivity index (χ3n) is 4.08. The molecule has 2 aromatic carbocycles. The van der Waals surface area contributed by atoms with Gasteiger partial charge >= 0.3 is 6.09 Å². The highest BCUT2D eigenvalue weighted by atomic mass is 32.2. The van der Waals surface area contributed by atoms with Crippen LogP contribution in [0, 0.1) is 11.6 Å². The number of nitrogens with two attached hydrogens (primary N) is 2. The summed E-state index contributed by atoms with van der Waals surface area (Å²) in [5, 5.41) is 5.06. The summed E-state index contributed by atoms with van der Waals surface area (Å²) < 4.78 is 57.3. The first-order chi connectivity index (χ1) is 13.2. The molecule has 1 aliphatic rings. The number of carbonyl (C=O) groups is 1. The zero-order chi connectivity index (χ0) is 20.5. The molecule has 0 aromatic heterocycles. The van der Waals surface area contributed by atoms with E-state index < -0.39 is 39.4 Å². The minimum Gasteiger partial charge on any atom is -0.442 e. The Hall–Kier alpha value is -3.05. The molecular formula is C17H16F2N4O4S. The van der Waals surface area contributed by atoms with E-state index in [0.29, 0.717) is 0 Å². The van der Waals surface area contributed by atoms with E-state index in [-0.39, 0.29) is 29.2 Å². The summed E-state index contributed by atoms with van der Waals surface area (Å²) in [5.41, 5.74) is 4.66. The maximum Gasteiger partial charge on any atom is 0.414 e. The van der Waals surface area contributed by atoms with Crippen molar-refractivity contribution in [3.8, 4) is 11.1 Å². The summed E-state index contributed by atoms with van der Waals surface area (Å²) in [6, 6.07) is 6.90. The summed E-state index contributed by atoms with van der Waals surface area (Å²) in [7, 11) is -4.04. The number of halogens is 2. The first-order valence-electron chi connectivity index (χ1n) is 8.01. The smallest absolute Gasteiger partial charge is 0.414 e. The standard InChI is InChI=1S/C17H16F2N4O4S/c18-14-5-11(23-8-12(7-22-9-20)27-17(23)24)6-15(19)16(14)10-2-1-3-13(4-10)28(21,25)26/h1-6,9,12H,7-8H2,(H2,20,22)(H2,21,25,26)/t12-/m0/s1. The highest BCUT2D eigenvalue weighted by molar-refractivity contribution is 7.89. The van der Waals surface area contributed by atoms with E-state index in [0.717, 1.165) is 29.4 Å². The second-order valence-electron chi connectivity index (χ2n) is 5.99. The molecule has 0 spiro atoms. The Balaban J connectivity index is 1.96. The Kier molecular flexibility index (Phi) is 5.29. The van der Waals surface area contributed by atoms with E-state index in [1.165, 1.54) is 18.2 Å². The SMILES string of the molecule is NC=NC[C@H]1CN(c2cc(F)c(-c3cccc(S(N)(=O)=O)c3)c(F)c2)C(=O)O1.